The molecule has 0 spiro atoms. The lowest BCUT2D eigenvalue weighted by Gasteiger charge is -2.11. The molecule has 0 saturated heterocycles. The predicted molar refractivity (Wildman–Crippen MR) is 86.2 cm³/mol. The molecule has 3 N–H and O–H groups in total. The van der Waals surface area contributed by atoms with Crippen molar-refractivity contribution in [2.45, 2.75) is 45.4 Å². The van der Waals surface area contributed by atoms with Crippen molar-refractivity contribution in [1.29, 1.82) is 0 Å². The zero-order valence-electron chi connectivity index (χ0n) is 12.9. The molecule has 116 valence electrons. The number of nitrogen functional groups attached to an aromatic ring is 1. The standard InChI is InChI=1S/C17H26N2O2/c1-13-11-15(18)8-9-16(13)19-17(20)7-4-10-21-12-14-5-2-3-6-14/h8-9,11,14H,2-7,10,12,18H2,1H3,(H,19,20). The minimum atomic E-state index is 0.0346. The summed E-state index contributed by atoms with van der Waals surface area (Å²) < 4.78 is 5.66. The molecule has 4 heteroatoms. The molecule has 0 aromatic heterocycles. The van der Waals surface area contributed by atoms with E-state index in [1.165, 1.54) is 25.7 Å². The molecule has 21 heavy (non-hydrogen) atoms. The number of carbonyl (C=O) groups excluding carboxylic acids is 1. The van der Waals surface area contributed by atoms with Crippen LogP contribution in [-0.2, 0) is 9.53 Å². The van der Waals surface area contributed by atoms with E-state index in [-0.39, 0.29) is 5.91 Å². The Balaban J connectivity index is 1.60. The van der Waals surface area contributed by atoms with Gasteiger partial charge in [-0.05, 0) is 55.9 Å². The number of nitrogens with one attached hydrogen (secondary N) is 1. The molecule has 1 fully saturated rings. The Labute approximate surface area is 127 Å². The Morgan fingerprint density at radius 3 is 2.86 bits per heavy atom. The number of benzene rings is 1. The van der Waals surface area contributed by atoms with E-state index in [4.69, 9.17) is 10.5 Å². The average Bonchev–Trinajstić information content (AvgIpc) is 2.95. The molecule has 0 atom stereocenters. The normalized spacial score (nSPS) is 15.3. The average molecular weight is 290 g/mol. The molecule has 0 heterocycles. The third kappa shape index (κ3) is 5.38. The fraction of sp³-hybridized carbons (Fsp3) is 0.588. The summed E-state index contributed by atoms with van der Waals surface area (Å²) in [4.78, 5) is 11.9. The summed E-state index contributed by atoms with van der Waals surface area (Å²) in [6.45, 7) is 3.47. The van der Waals surface area contributed by atoms with Gasteiger partial charge in [-0.2, -0.15) is 0 Å². The van der Waals surface area contributed by atoms with Crippen LogP contribution in [0.25, 0.3) is 0 Å². The highest BCUT2D eigenvalue weighted by molar-refractivity contribution is 5.91. The Kier molecular flexibility index (Phi) is 6.05. The van der Waals surface area contributed by atoms with Gasteiger partial charge >= 0.3 is 0 Å². The van der Waals surface area contributed by atoms with Gasteiger partial charge in [0.05, 0.1) is 0 Å². The van der Waals surface area contributed by atoms with Gasteiger partial charge in [0.2, 0.25) is 5.91 Å². The van der Waals surface area contributed by atoms with Crippen molar-refractivity contribution in [2.75, 3.05) is 24.3 Å². The first-order valence-electron chi connectivity index (χ1n) is 7.89. The number of amides is 1. The molecule has 1 aliphatic rings. The molecular formula is C17H26N2O2. The van der Waals surface area contributed by atoms with Crippen LogP contribution in [0, 0.1) is 12.8 Å². The van der Waals surface area contributed by atoms with E-state index in [1.807, 2.05) is 19.1 Å². The highest BCUT2D eigenvalue weighted by atomic mass is 16.5. The van der Waals surface area contributed by atoms with Gasteiger partial charge < -0.3 is 15.8 Å². The molecule has 0 unspecified atom stereocenters. The second-order valence-corrected chi connectivity index (χ2v) is 5.95. The maximum absolute atomic E-state index is 11.9. The van der Waals surface area contributed by atoms with Gasteiger partial charge in [0, 0.05) is 31.0 Å². The lowest BCUT2D eigenvalue weighted by Crippen LogP contribution is -2.14. The number of aryl methyl sites for hydroxylation is 1. The molecule has 4 nitrogen and oxygen atoms in total. The van der Waals surface area contributed by atoms with Crippen LogP contribution in [0.5, 0.6) is 0 Å². The number of ether oxygens (including phenoxy) is 1. The Bertz CT molecular complexity index is 468. The van der Waals surface area contributed by atoms with Crippen molar-refractivity contribution in [3.8, 4) is 0 Å². The zero-order valence-corrected chi connectivity index (χ0v) is 12.9. The van der Waals surface area contributed by atoms with E-state index >= 15 is 0 Å². The second kappa shape index (κ2) is 8.03. The number of hydrogen-bond donors (Lipinski definition) is 2. The summed E-state index contributed by atoms with van der Waals surface area (Å²) in [7, 11) is 0. The van der Waals surface area contributed by atoms with Crippen LogP contribution in [0.3, 0.4) is 0 Å². The lowest BCUT2D eigenvalue weighted by atomic mass is 10.1. The first-order valence-corrected chi connectivity index (χ1v) is 7.89. The van der Waals surface area contributed by atoms with Crippen LogP contribution in [0.4, 0.5) is 11.4 Å². The molecule has 1 amide bonds. The molecule has 0 bridgehead atoms. The van der Waals surface area contributed by atoms with E-state index in [0.717, 1.165) is 30.2 Å². The molecular weight excluding hydrogens is 264 g/mol. The van der Waals surface area contributed by atoms with Crippen LogP contribution in [-0.4, -0.2) is 19.1 Å². The number of nitrogens with two attached hydrogens (primary N) is 1. The topological polar surface area (TPSA) is 64.3 Å². The van der Waals surface area contributed by atoms with Crippen LogP contribution < -0.4 is 11.1 Å². The zero-order chi connectivity index (χ0) is 15.1. The minimum absolute atomic E-state index is 0.0346. The van der Waals surface area contributed by atoms with Crippen LogP contribution in [0.2, 0.25) is 0 Å². The Hall–Kier alpha value is -1.55. The monoisotopic (exact) mass is 290 g/mol. The number of rotatable bonds is 7. The van der Waals surface area contributed by atoms with Gasteiger partial charge in [-0.3, -0.25) is 4.79 Å². The van der Waals surface area contributed by atoms with Crippen LogP contribution in [0.1, 0.15) is 44.1 Å². The third-order valence-electron chi connectivity index (χ3n) is 4.05. The minimum Gasteiger partial charge on any atom is -0.399 e. The van der Waals surface area contributed by atoms with E-state index < -0.39 is 0 Å². The summed E-state index contributed by atoms with van der Waals surface area (Å²) in [5, 5.41) is 2.92. The van der Waals surface area contributed by atoms with E-state index in [0.29, 0.717) is 18.7 Å². The van der Waals surface area contributed by atoms with Crippen molar-refractivity contribution in [3.05, 3.63) is 23.8 Å². The quantitative estimate of drug-likeness (QED) is 0.596. The Morgan fingerprint density at radius 1 is 1.38 bits per heavy atom. The fourth-order valence-electron chi connectivity index (χ4n) is 2.80. The lowest BCUT2D eigenvalue weighted by molar-refractivity contribution is -0.116. The maximum Gasteiger partial charge on any atom is 0.224 e. The molecule has 1 aromatic rings. The first kappa shape index (κ1) is 15.8. The van der Waals surface area contributed by atoms with E-state index in [2.05, 4.69) is 5.32 Å². The van der Waals surface area contributed by atoms with Gasteiger partial charge in [0.1, 0.15) is 0 Å². The highest BCUT2D eigenvalue weighted by Crippen LogP contribution is 2.24. The van der Waals surface area contributed by atoms with Crippen molar-refractivity contribution in [3.63, 3.8) is 0 Å². The molecule has 1 aromatic carbocycles. The van der Waals surface area contributed by atoms with Gasteiger partial charge in [-0.1, -0.05) is 12.8 Å². The second-order valence-electron chi connectivity index (χ2n) is 5.95. The maximum atomic E-state index is 11.9. The largest absolute Gasteiger partial charge is 0.399 e. The summed E-state index contributed by atoms with van der Waals surface area (Å²) in [5.74, 6) is 0.781. The fourth-order valence-corrected chi connectivity index (χ4v) is 2.80. The molecule has 0 radical (unpaired) electrons. The predicted octanol–water partition coefficient (Wildman–Crippen LogP) is 3.50. The Morgan fingerprint density at radius 2 is 2.14 bits per heavy atom. The van der Waals surface area contributed by atoms with E-state index in [1.54, 1.807) is 6.07 Å². The smallest absolute Gasteiger partial charge is 0.224 e. The summed E-state index contributed by atoms with van der Waals surface area (Å²) in [6, 6.07) is 5.51. The number of hydrogen-bond acceptors (Lipinski definition) is 3. The van der Waals surface area contributed by atoms with Crippen molar-refractivity contribution >= 4 is 17.3 Å². The molecule has 0 aliphatic heterocycles. The number of carbonyl (C=O) groups is 1. The molecule has 1 aliphatic carbocycles. The number of anilines is 2. The van der Waals surface area contributed by atoms with Gasteiger partial charge in [0.25, 0.3) is 0 Å². The molecule has 1 saturated carbocycles. The summed E-state index contributed by atoms with van der Waals surface area (Å²) >= 11 is 0. The van der Waals surface area contributed by atoms with Gasteiger partial charge in [-0.25, -0.2) is 0 Å². The highest BCUT2D eigenvalue weighted by Gasteiger charge is 2.14. The van der Waals surface area contributed by atoms with Crippen LogP contribution in [0.15, 0.2) is 18.2 Å². The van der Waals surface area contributed by atoms with E-state index in [9.17, 15) is 4.79 Å². The third-order valence-corrected chi connectivity index (χ3v) is 4.05. The molecule has 2 rings (SSSR count). The first-order chi connectivity index (χ1) is 10.1. The van der Waals surface area contributed by atoms with Crippen molar-refractivity contribution < 1.29 is 9.53 Å². The van der Waals surface area contributed by atoms with Crippen molar-refractivity contribution in [1.82, 2.24) is 0 Å². The SMILES string of the molecule is Cc1cc(N)ccc1NC(=O)CCCOCC1CCCC1. The van der Waals surface area contributed by atoms with Gasteiger partial charge in [-0.15, -0.1) is 0 Å². The van der Waals surface area contributed by atoms with Gasteiger partial charge in [0.15, 0.2) is 0 Å². The summed E-state index contributed by atoms with van der Waals surface area (Å²) in [6.07, 6.45) is 6.56. The van der Waals surface area contributed by atoms with Crippen LogP contribution >= 0.6 is 0 Å². The summed E-state index contributed by atoms with van der Waals surface area (Å²) in [5.41, 5.74) is 8.23. The van der Waals surface area contributed by atoms with Crippen molar-refractivity contribution in [2.24, 2.45) is 5.92 Å².